The van der Waals surface area contributed by atoms with Crippen molar-refractivity contribution in [2.45, 2.75) is 6.42 Å². The summed E-state index contributed by atoms with van der Waals surface area (Å²) in [6.45, 7) is 0. The topological polar surface area (TPSA) is 54.9 Å². The minimum atomic E-state index is -0.243. The minimum absolute atomic E-state index is 0.243. The first-order valence-corrected chi connectivity index (χ1v) is 8.49. The third-order valence-electron chi connectivity index (χ3n) is 3.19. The van der Waals surface area contributed by atoms with Gasteiger partial charge in [0.2, 0.25) is 11.0 Å². The smallest absolute Gasteiger partial charge is 0.250 e. The quantitative estimate of drug-likeness (QED) is 0.688. The van der Waals surface area contributed by atoms with Crippen LogP contribution in [0.2, 0.25) is 5.02 Å². The molecule has 0 saturated carbocycles. The molecule has 24 heavy (non-hydrogen) atoms. The predicted molar refractivity (Wildman–Crippen MR) is 98.3 cm³/mol. The van der Waals surface area contributed by atoms with Gasteiger partial charge in [-0.05, 0) is 29.3 Å². The Bertz CT molecular complexity index is 844. The molecular formula is C18H14ClN3OS. The number of carbonyl (C=O) groups excluding carboxylic acids is 1. The number of nitrogens with zero attached hydrogens (tertiary/aromatic N) is 2. The number of hydrogen-bond donors (Lipinski definition) is 1. The first-order chi connectivity index (χ1) is 11.7. The van der Waals surface area contributed by atoms with E-state index in [1.54, 1.807) is 18.2 Å². The van der Waals surface area contributed by atoms with E-state index in [4.69, 9.17) is 11.6 Å². The second-order valence-electron chi connectivity index (χ2n) is 5.04. The lowest BCUT2D eigenvalue weighted by Crippen LogP contribution is -2.07. The van der Waals surface area contributed by atoms with Crippen molar-refractivity contribution in [3.8, 4) is 0 Å². The number of amides is 1. The van der Waals surface area contributed by atoms with Crippen LogP contribution in [0.25, 0.3) is 6.08 Å². The van der Waals surface area contributed by atoms with Gasteiger partial charge < -0.3 is 0 Å². The van der Waals surface area contributed by atoms with Crippen molar-refractivity contribution in [3.05, 3.63) is 81.8 Å². The van der Waals surface area contributed by atoms with Crippen LogP contribution in [0.5, 0.6) is 0 Å². The Kier molecular flexibility index (Phi) is 5.36. The van der Waals surface area contributed by atoms with E-state index >= 15 is 0 Å². The van der Waals surface area contributed by atoms with Crippen LogP contribution in [0.4, 0.5) is 5.13 Å². The fourth-order valence-corrected chi connectivity index (χ4v) is 2.94. The molecule has 0 aliphatic heterocycles. The van der Waals surface area contributed by atoms with Crippen molar-refractivity contribution in [1.82, 2.24) is 10.2 Å². The molecule has 2 aromatic carbocycles. The second-order valence-corrected chi connectivity index (χ2v) is 6.54. The molecule has 1 heterocycles. The molecular weight excluding hydrogens is 342 g/mol. The van der Waals surface area contributed by atoms with E-state index < -0.39 is 0 Å². The predicted octanol–water partition coefficient (Wildman–Crippen LogP) is 4.43. The summed E-state index contributed by atoms with van der Waals surface area (Å²) >= 11 is 7.20. The summed E-state index contributed by atoms with van der Waals surface area (Å²) in [5, 5.41) is 12.8. The third kappa shape index (κ3) is 4.75. The molecule has 1 N–H and O–H groups in total. The van der Waals surface area contributed by atoms with Crippen LogP contribution in [0, 0.1) is 0 Å². The summed E-state index contributed by atoms with van der Waals surface area (Å²) in [7, 11) is 0. The van der Waals surface area contributed by atoms with Gasteiger partial charge in [0.1, 0.15) is 5.01 Å². The molecule has 120 valence electrons. The van der Waals surface area contributed by atoms with Gasteiger partial charge in [0, 0.05) is 17.5 Å². The number of aromatic nitrogens is 2. The van der Waals surface area contributed by atoms with Crippen LogP contribution in [0.15, 0.2) is 60.7 Å². The maximum atomic E-state index is 11.9. The van der Waals surface area contributed by atoms with Gasteiger partial charge in [-0.3, -0.25) is 10.1 Å². The van der Waals surface area contributed by atoms with Gasteiger partial charge in [0.15, 0.2) is 0 Å². The number of rotatable bonds is 5. The van der Waals surface area contributed by atoms with Crippen LogP contribution >= 0.6 is 22.9 Å². The summed E-state index contributed by atoms with van der Waals surface area (Å²) in [5.74, 6) is -0.243. The molecule has 0 spiro atoms. The molecule has 6 heteroatoms. The van der Waals surface area contributed by atoms with Crippen molar-refractivity contribution in [1.29, 1.82) is 0 Å². The zero-order valence-corrected chi connectivity index (χ0v) is 14.2. The van der Waals surface area contributed by atoms with Gasteiger partial charge in [0.25, 0.3) is 0 Å². The molecule has 0 aliphatic rings. The molecule has 1 amide bonds. The second kappa shape index (κ2) is 7.86. The molecule has 3 rings (SSSR count). The Morgan fingerprint density at radius 2 is 1.83 bits per heavy atom. The molecule has 0 saturated heterocycles. The maximum Gasteiger partial charge on any atom is 0.250 e. The lowest BCUT2D eigenvalue weighted by atomic mass is 10.2. The molecule has 0 unspecified atom stereocenters. The van der Waals surface area contributed by atoms with E-state index in [-0.39, 0.29) is 5.91 Å². The van der Waals surface area contributed by atoms with E-state index in [0.717, 1.165) is 16.1 Å². The number of benzene rings is 2. The lowest BCUT2D eigenvalue weighted by Gasteiger charge is -1.96. The zero-order valence-electron chi connectivity index (χ0n) is 12.6. The highest BCUT2D eigenvalue weighted by Gasteiger charge is 2.07. The highest BCUT2D eigenvalue weighted by atomic mass is 35.5. The van der Waals surface area contributed by atoms with Gasteiger partial charge >= 0.3 is 0 Å². The molecule has 1 aromatic heterocycles. The van der Waals surface area contributed by atoms with Crippen LogP contribution in [-0.4, -0.2) is 16.1 Å². The average Bonchev–Trinajstić information content (AvgIpc) is 3.02. The van der Waals surface area contributed by atoms with Gasteiger partial charge in [-0.15, -0.1) is 10.2 Å². The van der Waals surface area contributed by atoms with Gasteiger partial charge in [-0.1, -0.05) is 65.4 Å². The number of halogens is 1. The Labute approximate surface area is 148 Å². The lowest BCUT2D eigenvalue weighted by molar-refractivity contribution is -0.111. The average molecular weight is 356 g/mol. The van der Waals surface area contributed by atoms with Crippen LogP contribution in [0.1, 0.15) is 16.1 Å². The Morgan fingerprint density at radius 3 is 2.58 bits per heavy atom. The van der Waals surface area contributed by atoms with Crippen molar-refractivity contribution < 1.29 is 4.79 Å². The normalized spacial score (nSPS) is 10.9. The van der Waals surface area contributed by atoms with E-state index in [9.17, 15) is 4.79 Å². The molecule has 0 fully saturated rings. The highest BCUT2D eigenvalue weighted by molar-refractivity contribution is 7.15. The summed E-state index contributed by atoms with van der Waals surface area (Å²) in [5.41, 5.74) is 2.06. The van der Waals surface area contributed by atoms with Crippen molar-refractivity contribution in [2.75, 3.05) is 5.32 Å². The summed E-state index contributed by atoms with van der Waals surface area (Å²) in [6.07, 6.45) is 3.88. The van der Waals surface area contributed by atoms with Gasteiger partial charge in [-0.25, -0.2) is 0 Å². The van der Waals surface area contributed by atoms with Crippen molar-refractivity contribution in [3.63, 3.8) is 0 Å². The number of carbonyl (C=O) groups is 1. The van der Waals surface area contributed by atoms with E-state index in [2.05, 4.69) is 15.5 Å². The number of hydrogen-bond acceptors (Lipinski definition) is 4. The van der Waals surface area contributed by atoms with Crippen LogP contribution in [0.3, 0.4) is 0 Å². The molecule has 4 nitrogen and oxygen atoms in total. The van der Waals surface area contributed by atoms with Crippen LogP contribution in [-0.2, 0) is 11.2 Å². The first kappa shape index (κ1) is 16.4. The zero-order chi connectivity index (χ0) is 16.8. The SMILES string of the molecule is O=C(/C=C/c1ccc(Cl)cc1)Nc1nnc(Cc2ccccc2)s1. The summed E-state index contributed by atoms with van der Waals surface area (Å²) in [6, 6.07) is 17.3. The first-order valence-electron chi connectivity index (χ1n) is 7.30. The maximum absolute atomic E-state index is 11.9. The van der Waals surface area contributed by atoms with Gasteiger partial charge in [-0.2, -0.15) is 0 Å². The summed E-state index contributed by atoms with van der Waals surface area (Å²) in [4.78, 5) is 11.9. The Morgan fingerprint density at radius 1 is 1.08 bits per heavy atom. The van der Waals surface area contributed by atoms with Crippen molar-refractivity contribution >= 4 is 40.1 Å². The van der Waals surface area contributed by atoms with Gasteiger partial charge in [0.05, 0.1) is 0 Å². The van der Waals surface area contributed by atoms with E-state index in [1.165, 1.54) is 17.4 Å². The fourth-order valence-electron chi connectivity index (χ4n) is 2.04. The largest absolute Gasteiger partial charge is 0.297 e. The Hall–Kier alpha value is -2.50. The minimum Gasteiger partial charge on any atom is -0.297 e. The molecule has 3 aromatic rings. The van der Waals surface area contributed by atoms with E-state index in [0.29, 0.717) is 16.6 Å². The highest BCUT2D eigenvalue weighted by Crippen LogP contribution is 2.18. The van der Waals surface area contributed by atoms with Crippen molar-refractivity contribution in [2.24, 2.45) is 0 Å². The number of anilines is 1. The third-order valence-corrected chi connectivity index (χ3v) is 4.28. The monoisotopic (exact) mass is 355 g/mol. The molecule has 0 atom stereocenters. The fraction of sp³-hybridized carbons (Fsp3) is 0.0556. The van der Waals surface area contributed by atoms with Crippen LogP contribution < -0.4 is 5.32 Å². The standard InChI is InChI=1S/C18H14ClN3OS/c19-15-9-6-13(7-10-15)8-11-16(23)20-18-22-21-17(24-18)12-14-4-2-1-3-5-14/h1-11H,12H2,(H,20,22,23)/b11-8+. The molecule has 0 radical (unpaired) electrons. The summed E-state index contributed by atoms with van der Waals surface area (Å²) < 4.78 is 0. The molecule has 0 bridgehead atoms. The number of nitrogens with one attached hydrogen (secondary N) is 1. The molecule has 0 aliphatic carbocycles. The van der Waals surface area contributed by atoms with E-state index in [1.807, 2.05) is 42.5 Å². The Balaban J connectivity index is 1.58.